The summed E-state index contributed by atoms with van der Waals surface area (Å²) in [6.07, 6.45) is 3.20. The number of nitrogens with zero attached hydrogens (tertiary/aromatic N) is 1. The monoisotopic (exact) mass is 390 g/mol. The summed E-state index contributed by atoms with van der Waals surface area (Å²) in [7, 11) is 0. The van der Waals surface area contributed by atoms with E-state index in [4.69, 9.17) is 4.42 Å². The quantitative estimate of drug-likeness (QED) is 0.693. The first kappa shape index (κ1) is 19.4. The maximum absolute atomic E-state index is 12.8. The lowest BCUT2D eigenvalue weighted by molar-refractivity contribution is 0.0910. The van der Waals surface area contributed by atoms with Crippen molar-refractivity contribution >= 4 is 16.9 Å². The van der Waals surface area contributed by atoms with Gasteiger partial charge < -0.3 is 9.73 Å². The summed E-state index contributed by atoms with van der Waals surface area (Å²) in [4.78, 5) is 27.6. The summed E-state index contributed by atoms with van der Waals surface area (Å²) in [5.41, 5.74) is 2.50. The van der Waals surface area contributed by atoms with Gasteiger partial charge in [-0.25, -0.2) is 0 Å². The number of carbonyl (C=O) groups excluding carboxylic acids is 1. The number of benzene rings is 2. The molecule has 0 bridgehead atoms. The highest BCUT2D eigenvalue weighted by molar-refractivity contribution is 5.93. The molecule has 0 aliphatic carbocycles. The first-order valence-electron chi connectivity index (χ1n) is 10.3. The Kier molecular flexibility index (Phi) is 5.76. The second-order valence-corrected chi connectivity index (χ2v) is 7.54. The van der Waals surface area contributed by atoms with Crippen molar-refractivity contribution in [1.29, 1.82) is 0 Å². The molecule has 1 aromatic heterocycles. The van der Waals surface area contributed by atoms with Crippen LogP contribution in [0.2, 0.25) is 0 Å². The average Bonchev–Trinajstić information content (AvgIpc) is 3.29. The Morgan fingerprint density at radius 2 is 1.86 bits per heavy atom. The number of amides is 1. The number of likely N-dealkylation sites (tertiary alicyclic amines) is 1. The van der Waals surface area contributed by atoms with E-state index in [1.54, 1.807) is 6.07 Å². The molecule has 150 valence electrons. The van der Waals surface area contributed by atoms with Crippen LogP contribution in [0.4, 0.5) is 0 Å². The SMILES string of the molecule is CCc1ccc2oc(C(=O)NC[C@@H](c3ccccc3)N3CCCC3)cc(=O)c2c1. The van der Waals surface area contributed by atoms with E-state index < -0.39 is 0 Å². The molecular formula is C24H26N2O3. The van der Waals surface area contributed by atoms with Crippen LogP contribution < -0.4 is 10.7 Å². The Labute approximate surface area is 170 Å². The average molecular weight is 390 g/mol. The van der Waals surface area contributed by atoms with E-state index >= 15 is 0 Å². The van der Waals surface area contributed by atoms with Gasteiger partial charge in [0, 0.05) is 12.6 Å². The Morgan fingerprint density at radius 3 is 2.59 bits per heavy atom. The zero-order chi connectivity index (χ0) is 20.2. The first-order valence-corrected chi connectivity index (χ1v) is 10.3. The summed E-state index contributed by atoms with van der Waals surface area (Å²) in [6, 6.07) is 17.2. The molecule has 1 saturated heterocycles. The molecule has 3 aromatic rings. The van der Waals surface area contributed by atoms with Crippen LogP contribution in [-0.4, -0.2) is 30.4 Å². The fraction of sp³-hybridized carbons (Fsp3) is 0.333. The third-order valence-electron chi connectivity index (χ3n) is 5.65. The van der Waals surface area contributed by atoms with Gasteiger partial charge in [0.1, 0.15) is 5.58 Å². The fourth-order valence-corrected chi connectivity index (χ4v) is 4.00. The predicted octanol–water partition coefficient (Wildman–Crippen LogP) is 3.92. The van der Waals surface area contributed by atoms with E-state index in [0.717, 1.165) is 25.1 Å². The fourth-order valence-electron chi connectivity index (χ4n) is 4.00. The van der Waals surface area contributed by atoms with Gasteiger partial charge in [-0.1, -0.05) is 43.3 Å². The minimum absolute atomic E-state index is 0.0555. The third-order valence-corrected chi connectivity index (χ3v) is 5.65. The summed E-state index contributed by atoms with van der Waals surface area (Å²) in [5, 5.41) is 3.49. The van der Waals surface area contributed by atoms with E-state index in [-0.39, 0.29) is 23.1 Å². The summed E-state index contributed by atoms with van der Waals surface area (Å²) >= 11 is 0. The third kappa shape index (κ3) is 4.25. The van der Waals surface area contributed by atoms with Crippen molar-refractivity contribution in [3.05, 3.63) is 81.7 Å². The van der Waals surface area contributed by atoms with Gasteiger partial charge >= 0.3 is 0 Å². The van der Waals surface area contributed by atoms with Crippen LogP contribution in [0.15, 0.2) is 63.8 Å². The second kappa shape index (κ2) is 8.62. The molecule has 1 N–H and O–H groups in total. The molecule has 4 rings (SSSR count). The predicted molar refractivity (Wildman–Crippen MR) is 114 cm³/mol. The van der Waals surface area contributed by atoms with Gasteiger partial charge in [0.2, 0.25) is 0 Å². The van der Waals surface area contributed by atoms with E-state index in [0.29, 0.717) is 17.5 Å². The highest BCUT2D eigenvalue weighted by atomic mass is 16.3. The number of fused-ring (bicyclic) bond motifs is 1. The standard InChI is InChI=1S/C24H26N2O3/c1-2-17-10-11-22-19(14-17)21(27)15-23(29-22)24(28)25-16-20(26-12-6-7-13-26)18-8-4-3-5-9-18/h3-5,8-11,14-15,20H,2,6-7,12-13,16H2,1H3,(H,25,28)/t20-/m0/s1. The molecule has 29 heavy (non-hydrogen) atoms. The maximum Gasteiger partial charge on any atom is 0.287 e. The Morgan fingerprint density at radius 1 is 1.10 bits per heavy atom. The lowest BCUT2D eigenvalue weighted by atomic mass is 10.1. The Balaban J connectivity index is 1.54. The molecule has 1 aliphatic heterocycles. The number of aryl methyl sites for hydroxylation is 1. The van der Waals surface area contributed by atoms with Crippen LogP contribution in [0.5, 0.6) is 0 Å². The largest absolute Gasteiger partial charge is 0.451 e. The van der Waals surface area contributed by atoms with Crippen molar-refractivity contribution in [2.75, 3.05) is 19.6 Å². The number of hydrogen-bond donors (Lipinski definition) is 1. The second-order valence-electron chi connectivity index (χ2n) is 7.54. The van der Waals surface area contributed by atoms with Gasteiger partial charge in [0.05, 0.1) is 11.4 Å². The van der Waals surface area contributed by atoms with Gasteiger partial charge in [-0.3, -0.25) is 14.5 Å². The van der Waals surface area contributed by atoms with Crippen molar-refractivity contribution in [3.63, 3.8) is 0 Å². The number of hydrogen-bond acceptors (Lipinski definition) is 4. The molecule has 2 aromatic carbocycles. The van der Waals surface area contributed by atoms with Crippen molar-refractivity contribution in [2.24, 2.45) is 0 Å². The van der Waals surface area contributed by atoms with Crippen LogP contribution in [0.1, 0.15) is 47.5 Å². The van der Waals surface area contributed by atoms with E-state index in [1.807, 2.05) is 37.3 Å². The Hall–Kier alpha value is -2.92. The molecule has 1 aliphatic rings. The van der Waals surface area contributed by atoms with Crippen molar-refractivity contribution in [2.45, 2.75) is 32.2 Å². The molecule has 5 heteroatoms. The smallest absolute Gasteiger partial charge is 0.287 e. The highest BCUT2D eigenvalue weighted by Crippen LogP contribution is 2.24. The summed E-state index contributed by atoms with van der Waals surface area (Å²) < 4.78 is 5.74. The molecule has 1 fully saturated rings. The lowest BCUT2D eigenvalue weighted by Crippen LogP contribution is -2.37. The van der Waals surface area contributed by atoms with Gasteiger partial charge in [0.25, 0.3) is 5.91 Å². The number of nitrogens with one attached hydrogen (secondary N) is 1. The minimum Gasteiger partial charge on any atom is -0.451 e. The molecule has 0 radical (unpaired) electrons. The van der Waals surface area contributed by atoms with E-state index in [9.17, 15) is 9.59 Å². The molecule has 0 spiro atoms. The molecule has 0 unspecified atom stereocenters. The first-order chi connectivity index (χ1) is 14.2. The van der Waals surface area contributed by atoms with Crippen LogP contribution >= 0.6 is 0 Å². The van der Waals surface area contributed by atoms with Crippen LogP contribution in [-0.2, 0) is 6.42 Å². The van der Waals surface area contributed by atoms with Gasteiger partial charge in [-0.15, -0.1) is 0 Å². The van der Waals surface area contributed by atoms with Crippen LogP contribution in [0.3, 0.4) is 0 Å². The van der Waals surface area contributed by atoms with Gasteiger partial charge in [-0.05, 0) is 55.6 Å². The van der Waals surface area contributed by atoms with Crippen molar-refractivity contribution < 1.29 is 9.21 Å². The molecule has 5 nitrogen and oxygen atoms in total. The van der Waals surface area contributed by atoms with E-state index in [1.165, 1.54) is 24.5 Å². The lowest BCUT2D eigenvalue weighted by Gasteiger charge is -2.28. The van der Waals surface area contributed by atoms with Gasteiger partial charge in [0.15, 0.2) is 11.2 Å². The molecule has 1 atom stereocenters. The zero-order valence-electron chi connectivity index (χ0n) is 16.7. The minimum atomic E-state index is -0.358. The molecule has 2 heterocycles. The molecule has 1 amide bonds. The van der Waals surface area contributed by atoms with Gasteiger partial charge in [-0.2, -0.15) is 0 Å². The zero-order valence-corrected chi connectivity index (χ0v) is 16.7. The molecular weight excluding hydrogens is 364 g/mol. The van der Waals surface area contributed by atoms with Crippen LogP contribution in [0, 0.1) is 0 Å². The summed E-state index contributed by atoms with van der Waals surface area (Å²) in [6.45, 7) is 4.56. The normalized spacial score (nSPS) is 15.5. The van der Waals surface area contributed by atoms with E-state index in [2.05, 4.69) is 22.3 Å². The number of rotatable bonds is 6. The van der Waals surface area contributed by atoms with Crippen molar-refractivity contribution in [1.82, 2.24) is 10.2 Å². The van der Waals surface area contributed by atoms with Crippen LogP contribution in [0.25, 0.3) is 11.0 Å². The summed E-state index contributed by atoms with van der Waals surface area (Å²) in [5.74, 6) is -0.302. The Bertz CT molecular complexity index is 1050. The van der Waals surface area contributed by atoms with Crippen molar-refractivity contribution in [3.8, 4) is 0 Å². The molecule has 0 saturated carbocycles. The maximum atomic E-state index is 12.8. The highest BCUT2D eigenvalue weighted by Gasteiger charge is 2.24. The topological polar surface area (TPSA) is 62.6 Å². The number of carbonyl (C=O) groups is 1.